The van der Waals surface area contributed by atoms with Gasteiger partial charge in [0.15, 0.2) is 0 Å². The number of hydrogen-bond acceptors (Lipinski definition) is 6. The number of aryl methyl sites for hydroxylation is 1. The molecule has 1 amide bonds. The first-order valence-electron chi connectivity index (χ1n) is 12.8. The highest BCUT2D eigenvalue weighted by atomic mass is 35.5. The number of amides is 1. The highest BCUT2D eigenvalue weighted by Gasteiger charge is 2.36. The smallest absolute Gasteiger partial charge is 0.248 e. The summed E-state index contributed by atoms with van der Waals surface area (Å²) in [4.78, 5) is 19.7. The molecule has 3 saturated heterocycles. The molecule has 10 heteroatoms. The molecule has 1 aromatic rings. The second kappa shape index (κ2) is 11.9. The van der Waals surface area contributed by atoms with Crippen molar-refractivity contribution in [2.75, 3.05) is 66.1 Å². The first kappa shape index (κ1) is 26.8. The van der Waals surface area contributed by atoms with Gasteiger partial charge >= 0.3 is 0 Å². The van der Waals surface area contributed by atoms with E-state index >= 15 is 0 Å². The molecule has 35 heavy (non-hydrogen) atoms. The van der Waals surface area contributed by atoms with Crippen LogP contribution in [0.15, 0.2) is 23.1 Å². The van der Waals surface area contributed by atoms with Crippen molar-refractivity contribution in [3.05, 3.63) is 28.8 Å². The van der Waals surface area contributed by atoms with Crippen LogP contribution in [0, 0.1) is 6.92 Å². The maximum atomic E-state index is 13.5. The van der Waals surface area contributed by atoms with Crippen LogP contribution >= 0.6 is 11.6 Å². The number of likely N-dealkylation sites (tertiary alicyclic amines) is 1. The lowest BCUT2D eigenvalue weighted by molar-refractivity contribution is -0.138. The maximum Gasteiger partial charge on any atom is 0.248 e. The highest BCUT2D eigenvalue weighted by molar-refractivity contribution is 7.89. The van der Waals surface area contributed by atoms with E-state index in [2.05, 4.69) is 16.8 Å². The maximum absolute atomic E-state index is 13.5. The van der Waals surface area contributed by atoms with Gasteiger partial charge in [0.25, 0.3) is 0 Å². The monoisotopic (exact) mass is 526 g/mol. The molecular formula is C25H39ClN4O4S. The zero-order valence-corrected chi connectivity index (χ0v) is 22.6. The molecule has 0 aliphatic carbocycles. The van der Waals surface area contributed by atoms with E-state index in [9.17, 15) is 13.2 Å². The second-order valence-corrected chi connectivity index (χ2v) is 12.4. The van der Waals surface area contributed by atoms with Crippen molar-refractivity contribution in [2.45, 2.75) is 56.0 Å². The molecule has 3 aliphatic heterocycles. The topological polar surface area (TPSA) is 73.4 Å². The number of piperidine rings is 2. The predicted octanol–water partition coefficient (Wildman–Crippen LogP) is 2.45. The van der Waals surface area contributed by atoms with Gasteiger partial charge in [-0.15, -0.1) is 0 Å². The minimum absolute atomic E-state index is 0.0102. The molecule has 0 N–H and O–H groups in total. The molecule has 0 spiro atoms. The molecule has 1 aromatic carbocycles. The Bertz CT molecular complexity index is 955. The number of carbonyl (C=O) groups excluding carboxylic acids is 1. The molecule has 0 saturated carbocycles. The Labute approximate surface area is 215 Å². The van der Waals surface area contributed by atoms with Gasteiger partial charge < -0.3 is 14.5 Å². The summed E-state index contributed by atoms with van der Waals surface area (Å²) in [5.41, 5.74) is 0.636. The van der Waals surface area contributed by atoms with Crippen LogP contribution in [0.4, 0.5) is 0 Å². The molecule has 8 nitrogen and oxygen atoms in total. The molecule has 4 rings (SSSR count). The van der Waals surface area contributed by atoms with Crippen LogP contribution in [0.25, 0.3) is 0 Å². The summed E-state index contributed by atoms with van der Waals surface area (Å²) in [5.74, 6) is -0.0137. The molecule has 196 valence electrons. The van der Waals surface area contributed by atoms with Crippen molar-refractivity contribution in [3.8, 4) is 0 Å². The molecule has 1 atom stereocenters. The van der Waals surface area contributed by atoms with Crippen LogP contribution in [0.1, 0.15) is 37.7 Å². The van der Waals surface area contributed by atoms with Gasteiger partial charge in [0.05, 0.1) is 11.6 Å². The van der Waals surface area contributed by atoms with Gasteiger partial charge in [-0.1, -0.05) is 30.2 Å². The summed E-state index contributed by atoms with van der Waals surface area (Å²) >= 11 is 6.29. The van der Waals surface area contributed by atoms with Crippen molar-refractivity contribution in [3.63, 3.8) is 0 Å². The van der Waals surface area contributed by atoms with Crippen molar-refractivity contribution in [1.82, 2.24) is 19.0 Å². The number of benzene rings is 1. The van der Waals surface area contributed by atoms with E-state index in [4.69, 9.17) is 16.3 Å². The van der Waals surface area contributed by atoms with Gasteiger partial charge in [0.2, 0.25) is 15.9 Å². The fraction of sp³-hybridized carbons (Fsp3) is 0.720. The Morgan fingerprint density at radius 1 is 1.03 bits per heavy atom. The summed E-state index contributed by atoms with van der Waals surface area (Å²) in [6.07, 6.45) is 4.85. The minimum atomic E-state index is -3.75. The summed E-state index contributed by atoms with van der Waals surface area (Å²) in [6, 6.07) is 5.47. The fourth-order valence-electron chi connectivity index (χ4n) is 5.59. The molecule has 1 unspecified atom stereocenters. The Morgan fingerprint density at radius 2 is 1.74 bits per heavy atom. The lowest BCUT2D eigenvalue weighted by atomic mass is 10.0. The van der Waals surface area contributed by atoms with Crippen LogP contribution in [-0.2, 0) is 19.6 Å². The van der Waals surface area contributed by atoms with Gasteiger partial charge in [0.1, 0.15) is 11.5 Å². The van der Waals surface area contributed by atoms with E-state index < -0.39 is 10.0 Å². The first-order valence-corrected chi connectivity index (χ1v) is 14.6. The van der Waals surface area contributed by atoms with Gasteiger partial charge in [-0.25, -0.2) is 8.42 Å². The van der Waals surface area contributed by atoms with Crippen molar-refractivity contribution >= 4 is 27.5 Å². The Morgan fingerprint density at radius 3 is 2.43 bits per heavy atom. The van der Waals surface area contributed by atoms with Gasteiger partial charge in [-0.2, -0.15) is 4.31 Å². The molecular weight excluding hydrogens is 488 g/mol. The Kier molecular flexibility index (Phi) is 9.10. The number of halogens is 1. The molecule has 0 bridgehead atoms. The average Bonchev–Trinajstić information content (AvgIpc) is 2.84. The van der Waals surface area contributed by atoms with E-state index in [1.54, 1.807) is 25.1 Å². The lowest BCUT2D eigenvalue weighted by Crippen LogP contribution is -2.54. The highest BCUT2D eigenvalue weighted by Crippen LogP contribution is 2.32. The molecule has 0 radical (unpaired) electrons. The van der Waals surface area contributed by atoms with Crippen LogP contribution in [0.3, 0.4) is 0 Å². The van der Waals surface area contributed by atoms with Crippen LogP contribution in [-0.4, -0.2) is 111 Å². The quantitative estimate of drug-likeness (QED) is 0.543. The summed E-state index contributed by atoms with van der Waals surface area (Å²) < 4.78 is 34.3. The zero-order valence-electron chi connectivity index (χ0n) is 21.0. The van der Waals surface area contributed by atoms with Crippen LogP contribution in [0.2, 0.25) is 5.02 Å². The van der Waals surface area contributed by atoms with Crippen LogP contribution < -0.4 is 0 Å². The number of ether oxygens (including phenoxy) is 1. The number of hydrogen-bond donors (Lipinski definition) is 0. The Balaban J connectivity index is 1.27. The summed E-state index contributed by atoms with van der Waals surface area (Å²) in [6.45, 7) is 7.95. The molecule has 3 fully saturated rings. The lowest BCUT2D eigenvalue weighted by Gasteiger charge is -2.42. The third kappa shape index (κ3) is 6.37. The Hall–Kier alpha value is -1.23. The third-order valence-corrected chi connectivity index (χ3v) is 10.3. The van der Waals surface area contributed by atoms with Crippen molar-refractivity contribution in [1.29, 1.82) is 0 Å². The standard InChI is InChI=1S/C25H39ClN4O4S/c1-20-6-5-8-23(26)25(20)35(32,33)30-11-4-3-7-22(30)18-34-19-24(31)29-16-14-28(15-17-29)21-9-12-27(2)13-10-21/h5-6,8,21-22H,3-4,7,9-19H2,1-2H3. The SMILES string of the molecule is Cc1cccc(Cl)c1S(=O)(=O)N1CCCCC1COCC(=O)N1CCN(C2CCN(C)CC2)CC1. The average molecular weight is 527 g/mol. The first-order chi connectivity index (χ1) is 16.8. The second-order valence-electron chi connectivity index (χ2n) is 10.1. The minimum Gasteiger partial charge on any atom is -0.370 e. The predicted molar refractivity (Wildman–Crippen MR) is 137 cm³/mol. The zero-order chi connectivity index (χ0) is 25.0. The van der Waals surface area contributed by atoms with E-state index in [0.29, 0.717) is 24.6 Å². The van der Waals surface area contributed by atoms with E-state index in [0.717, 1.165) is 52.1 Å². The summed E-state index contributed by atoms with van der Waals surface area (Å²) in [5, 5.41) is 0.241. The van der Waals surface area contributed by atoms with Crippen molar-refractivity contribution < 1.29 is 17.9 Å². The van der Waals surface area contributed by atoms with Gasteiger partial charge in [-0.05, 0) is 64.4 Å². The number of rotatable bonds is 7. The number of nitrogens with zero attached hydrogens (tertiary/aromatic N) is 4. The van der Waals surface area contributed by atoms with Crippen molar-refractivity contribution in [2.24, 2.45) is 0 Å². The van der Waals surface area contributed by atoms with E-state index in [1.165, 1.54) is 17.1 Å². The number of piperazine rings is 1. The largest absolute Gasteiger partial charge is 0.370 e. The van der Waals surface area contributed by atoms with Gasteiger partial charge in [-0.3, -0.25) is 9.69 Å². The van der Waals surface area contributed by atoms with E-state index in [-0.39, 0.29) is 35.1 Å². The van der Waals surface area contributed by atoms with Gasteiger partial charge in [0, 0.05) is 44.8 Å². The fourth-order valence-corrected chi connectivity index (χ4v) is 8.05. The van der Waals surface area contributed by atoms with Crippen LogP contribution in [0.5, 0.6) is 0 Å². The number of sulfonamides is 1. The molecule has 3 heterocycles. The third-order valence-electron chi connectivity index (χ3n) is 7.71. The van der Waals surface area contributed by atoms with E-state index in [1.807, 2.05) is 4.90 Å². The molecule has 3 aliphatic rings. The number of carbonyl (C=O) groups is 1. The molecule has 0 aromatic heterocycles. The normalized spacial score (nSPS) is 24.1. The summed E-state index contributed by atoms with van der Waals surface area (Å²) in [7, 11) is -1.57.